The van der Waals surface area contributed by atoms with Crippen LogP contribution >= 0.6 is 0 Å². The number of rotatable bonds is 9. The third kappa shape index (κ3) is 7.14. The van der Waals surface area contributed by atoms with Crippen molar-refractivity contribution in [3.05, 3.63) is 101 Å². The summed E-state index contributed by atoms with van der Waals surface area (Å²) in [6.07, 6.45) is 0.268. The van der Waals surface area contributed by atoms with Gasteiger partial charge < -0.3 is 20.4 Å². The van der Waals surface area contributed by atoms with Gasteiger partial charge in [0.15, 0.2) is 0 Å². The lowest BCUT2D eigenvalue weighted by molar-refractivity contribution is 0.0686. The van der Waals surface area contributed by atoms with E-state index in [0.717, 1.165) is 24.3 Å². The van der Waals surface area contributed by atoms with E-state index in [4.69, 9.17) is 4.55 Å². The van der Waals surface area contributed by atoms with E-state index in [2.05, 4.69) is 20.5 Å². The molecule has 0 heterocycles. The maximum Gasteiger partial charge on any atom is 0.337 e. The van der Waals surface area contributed by atoms with Gasteiger partial charge in [-0.3, -0.25) is 4.55 Å². The quantitative estimate of drug-likeness (QED) is 0.113. The first-order valence-electron chi connectivity index (χ1n) is 11.6. The van der Waals surface area contributed by atoms with Crippen LogP contribution in [0.3, 0.4) is 0 Å². The molecule has 13 nitrogen and oxygen atoms in total. The SMILES string of the molecule is O=C(O)c1cccc(Cc2ccc(N=Nc3cc(N=Nc4ccc(S(=O)(=O)O)cc4)c(O)cc3O)c(C(=O)O)c2)c1. The molecule has 5 N–H and O–H groups in total. The molecule has 0 saturated carbocycles. The first-order valence-corrected chi connectivity index (χ1v) is 13.0. The van der Waals surface area contributed by atoms with Crippen LogP contribution in [0, 0.1) is 0 Å². The van der Waals surface area contributed by atoms with Crippen molar-refractivity contribution in [2.45, 2.75) is 11.3 Å². The molecule has 4 aromatic carbocycles. The summed E-state index contributed by atoms with van der Waals surface area (Å²) < 4.78 is 31.4. The molecule has 0 aromatic heterocycles. The van der Waals surface area contributed by atoms with E-state index in [0.29, 0.717) is 11.1 Å². The molecule has 0 spiro atoms. The molecule has 208 valence electrons. The lowest BCUT2D eigenvalue weighted by Gasteiger charge is -2.07. The van der Waals surface area contributed by atoms with Crippen molar-refractivity contribution >= 4 is 44.8 Å². The fourth-order valence-corrected chi connectivity index (χ4v) is 4.10. The van der Waals surface area contributed by atoms with Crippen LogP contribution in [0.2, 0.25) is 0 Å². The Hall–Kier alpha value is -5.47. The van der Waals surface area contributed by atoms with Crippen molar-refractivity contribution in [1.29, 1.82) is 0 Å². The summed E-state index contributed by atoms with van der Waals surface area (Å²) in [6.45, 7) is 0. The molecule has 0 saturated heterocycles. The number of aromatic hydroxyl groups is 2. The van der Waals surface area contributed by atoms with Crippen LogP contribution in [0.25, 0.3) is 0 Å². The van der Waals surface area contributed by atoms with Crippen molar-refractivity contribution in [3.8, 4) is 11.5 Å². The Labute approximate surface area is 232 Å². The van der Waals surface area contributed by atoms with E-state index in [1.807, 2.05) is 0 Å². The summed E-state index contributed by atoms with van der Waals surface area (Å²) in [6, 6.07) is 17.5. The maximum absolute atomic E-state index is 11.9. The van der Waals surface area contributed by atoms with Crippen molar-refractivity contribution in [2.75, 3.05) is 0 Å². The predicted molar refractivity (Wildman–Crippen MR) is 144 cm³/mol. The van der Waals surface area contributed by atoms with Crippen LogP contribution in [0.1, 0.15) is 31.8 Å². The highest BCUT2D eigenvalue weighted by Gasteiger charge is 2.14. The largest absolute Gasteiger partial charge is 0.505 e. The summed E-state index contributed by atoms with van der Waals surface area (Å²) in [5, 5.41) is 54.8. The van der Waals surface area contributed by atoms with E-state index in [-0.39, 0.29) is 45.2 Å². The van der Waals surface area contributed by atoms with Crippen molar-refractivity contribution in [3.63, 3.8) is 0 Å². The third-order valence-electron chi connectivity index (χ3n) is 5.62. The molecule has 0 fully saturated rings. The fraction of sp³-hybridized carbons (Fsp3) is 0.0370. The summed E-state index contributed by atoms with van der Waals surface area (Å²) in [7, 11) is -4.38. The fourth-order valence-electron chi connectivity index (χ4n) is 3.62. The van der Waals surface area contributed by atoms with Crippen molar-refractivity contribution < 1.29 is 43.0 Å². The van der Waals surface area contributed by atoms with Crippen molar-refractivity contribution in [1.82, 2.24) is 0 Å². The molecule has 0 radical (unpaired) electrons. The zero-order chi connectivity index (χ0) is 29.7. The monoisotopic (exact) mass is 576 g/mol. The van der Waals surface area contributed by atoms with Crippen molar-refractivity contribution in [2.24, 2.45) is 20.5 Å². The van der Waals surface area contributed by atoms with E-state index in [9.17, 15) is 38.4 Å². The number of azo groups is 2. The van der Waals surface area contributed by atoms with Gasteiger partial charge in [-0.25, -0.2) is 9.59 Å². The highest BCUT2D eigenvalue weighted by Crippen LogP contribution is 2.40. The Morgan fingerprint density at radius 1 is 0.659 bits per heavy atom. The standard InChI is InChI=1S/C27H20N4O9S/c32-24-14-25(33)23(13-22(24)30-28-18-5-7-19(8-6-18)41(38,39)40)31-29-21-9-4-16(12-20(21)27(36)37)10-15-2-1-3-17(11-15)26(34)35/h1-9,11-14,32-33H,10H2,(H,34,35)(H,36,37)(H,38,39,40). The third-order valence-corrected chi connectivity index (χ3v) is 6.49. The minimum absolute atomic E-state index is 0.0323. The molecule has 0 amide bonds. The van der Waals surface area contributed by atoms with Crippen LogP contribution in [0.4, 0.5) is 22.7 Å². The predicted octanol–water partition coefficient (Wildman–Crippen LogP) is 6.16. The molecule has 0 aliphatic rings. The number of carboxylic acids is 2. The zero-order valence-corrected chi connectivity index (χ0v) is 21.6. The van der Waals surface area contributed by atoms with Gasteiger partial charge in [0, 0.05) is 12.1 Å². The summed E-state index contributed by atoms with van der Waals surface area (Å²) >= 11 is 0. The topological polar surface area (TPSA) is 219 Å². The van der Waals surface area contributed by atoms with Crippen LogP contribution in [0.5, 0.6) is 11.5 Å². The van der Waals surface area contributed by atoms with Gasteiger partial charge in [0.1, 0.15) is 28.6 Å². The van der Waals surface area contributed by atoms with Gasteiger partial charge in [0.25, 0.3) is 10.1 Å². The van der Waals surface area contributed by atoms with E-state index in [1.165, 1.54) is 36.4 Å². The number of benzene rings is 4. The Morgan fingerprint density at radius 3 is 1.88 bits per heavy atom. The van der Waals surface area contributed by atoms with E-state index >= 15 is 0 Å². The number of aromatic carboxylic acids is 2. The van der Waals surface area contributed by atoms with Gasteiger partial charge in [-0.15, -0.1) is 15.3 Å². The van der Waals surface area contributed by atoms with Gasteiger partial charge >= 0.3 is 11.9 Å². The minimum Gasteiger partial charge on any atom is -0.505 e. The molecule has 0 bridgehead atoms. The molecule has 14 heteroatoms. The minimum atomic E-state index is -4.38. The molecular formula is C27H20N4O9S. The van der Waals surface area contributed by atoms with Crippen LogP contribution in [0.15, 0.2) is 104 Å². The van der Waals surface area contributed by atoms with E-state index in [1.54, 1.807) is 18.2 Å². The molecule has 0 aliphatic heterocycles. The summed E-state index contributed by atoms with van der Waals surface area (Å²) in [5.74, 6) is -3.30. The lowest BCUT2D eigenvalue weighted by Crippen LogP contribution is -2.00. The van der Waals surface area contributed by atoms with Gasteiger partial charge in [-0.2, -0.15) is 13.5 Å². The van der Waals surface area contributed by atoms with Crippen LogP contribution in [-0.4, -0.2) is 45.3 Å². The molecule has 4 aromatic rings. The molecule has 41 heavy (non-hydrogen) atoms. The smallest absolute Gasteiger partial charge is 0.337 e. The Morgan fingerprint density at radius 2 is 1.27 bits per heavy atom. The first-order chi connectivity index (χ1) is 19.4. The van der Waals surface area contributed by atoms with Crippen LogP contribution in [-0.2, 0) is 16.5 Å². The number of phenols is 2. The molecule has 0 unspecified atom stereocenters. The van der Waals surface area contributed by atoms with Gasteiger partial charge in [-0.05, 0) is 66.1 Å². The van der Waals surface area contributed by atoms with Gasteiger partial charge in [0.05, 0.1) is 21.7 Å². The number of hydrogen-bond donors (Lipinski definition) is 5. The Kier molecular flexibility index (Phi) is 8.16. The number of carbonyl (C=O) groups is 2. The molecule has 0 atom stereocenters. The normalized spacial score (nSPS) is 11.7. The summed E-state index contributed by atoms with van der Waals surface area (Å²) in [5.41, 5.74) is 1.03. The average Bonchev–Trinajstić information content (AvgIpc) is 2.92. The number of carboxylic acid groups (broad SMARTS) is 2. The van der Waals surface area contributed by atoms with E-state index < -0.39 is 33.6 Å². The Balaban J connectivity index is 1.58. The second kappa shape index (κ2) is 11.7. The molecule has 4 rings (SSSR count). The maximum atomic E-state index is 11.9. The second-order valence-electron chi connectivity index (χ2n) is 8.54. The zero-order valence-electron chi connectivity index (χ0n) is 20.8. The Bertz CT molecular complexity index is 1820. The van der Waals surface area contributed by atoms with Crippen LogP contribution < -0.4 is 0 Å². The number of nitrogens with zero attached hydrogens (tertiary/aromatic N) is 4. The summed E-state index contributed by atoms with van der Waals surface area (Å²) in [4.78, 5) is 22.8. The van der Waals surface area contributed by atoms with Gasteiger partial charge in [-0.1, -0.05) is 18.2 Å². The highest BCUT2D eigenvalue weighted by molar-refractivity contribution is 7.85. The highest BCUT2D eigenvalue weighted by atomic mass is 32.2. The lowest BCUT2D eigenvalue weighted by atomic mass is 10.0. The van der Waals surface area contributed by atoms with Gasteiger partial charge in [0.2, 0.25) is 0 Å². The number of hydrogen-bond acceptors (Lipinski definition) is 10. The molecule has 0 aliphatic carbocycles. The second-order valence-corrected chi connectivity index (χ2v) is 9.96. The number of phenolic OH excluding ortho intramolecular Hbond substituents is 2. The molecular weight excluding hydrogens is 556 g/mol. The average molecular weight is 577 g/mol. The first kappa shape index (κ1) is 28.5.